The van der Waals surface area contributed by atoms with E-state index in [0.717, 1.165) is 6.42 Å². The van der Waals surface area contributed by atoms with Gasteiger partial charge in [-0.15, -0.1) is 0 Å². The van der Waals surface area contributed by atoms with Gasteiger partial charge >= 0.3 is 0 Å². The van der Waals surface area contributed by atoms with E-state index >= 15 is 0 Å². The van der Waals surface area contributed by atoms with Crippen LogP contribution in [-0.4, -0.2) is 12.7 Å². The van der Waals surface area contributed by atoms with Gasteiger partial charge in [0.05, 0.1) is 6.10 Å². The van der Waals surface area contributed by atoms with Crippen molar-refractivity contribution >= 4 is 0 Å². The smallest absolute Gasteiger partial charge is 0.166 e. The zero-order valence-electron chi connectivity index (χ0n) is 15.8. The van der Waals surface area contributed by atoms with E-state index in [1.165, 1.54) is 18.2 Å². The molecular formula is C23H28F2O. The number of hydrogen-bond donors (Lipinski definition) is 0. The predicted octanol–water partition coefficient (Wildman–Crippen LogP) is 7.03. The number of hydrogen-bond acceptors (Lipinski definition) is 1. The zero-order chi connectivity index (χ0) is 20.3. The third-order valence-electron chi connectivity index (χ3n) is 3.52. The summed E-state index contributed by atoms with van der Waals surface area (Å²) in [5.74, 6) is -2.25. The maximum absolute atomic E-state index is 14.3. The highest BCUT2D eigenvalue weighted by atomic mass is 19.2. The molecule has 0 saturated carbocycles. The topological polar surface area (TPSA) is 9.23 Å². The lowest BCUT2D eigenvalue weighted by Crippen LogP contribution is -2.10. The van der Waals surface area contributed by atoms with E-state index < -0.39 is 11.7 Å². The van der Waals surface area contributed by atoms with Gasteiger partial charge in [0.25, 0.3) is 0 Å². The van der Waals surface area contributed by atoms with E-state index in [0.29, 0.717) is 12.2 Å². The first-order valence-electron chi connectivity index (χ1n) is 8.27. The van der Waals surface area contributed by atoms with E-state index in [1.807, 2.05) is 13.8 Å². The third-order valence-corrected chi connectivity index (χ3v) is 3.52. The van der Waals surface area contributed by atoms with Crippen LogP contribution >= 0.6 is 0 Å². The van der Waals surface area contributed by atoms with Crippen LogP contribution in [0.3, 0.4) is 0 Å². The van der Waals surface area contributed by atoms with E-state index in [4.69, 9.17) is 4.74 Å². The first-order valence-corrected chi connectivity index (χ1v) is 8.27. The van der Waals surface area contributed by atoms with Crippen LogP contribution in [0.4, 0.5) is 8.78 Å². The maximum Gasteiger partial charge on any atom is 0.166 e. The molecule has 0 heterocycles. The molecule has 0 spiro atoms. The van der Waals surface area contributed by atoms with Gasteiger partial charge in [-0.1, -0.05) is 76.8 Å². The molecule has 0 aliphatic heterocycles. The van der Waals surface area contributed by atoms with Gasteiger partial charge in [0, 0.05) is 17.8 Å². The molecule has 0 aromatic carbocycles. The minimum Gasteiger partial charge on any atom is -0.374 e. The van der Waals surface area contributed by atoms with E-state index in [9.17, 15) is 8.78 Å². The Morgan fingerprint density at radius 2 is 1.42 bits per heavy atom. The Morgan fingerprint density at radius 3 is 1.88 bits per heavy atom. The fraction of sp³-hybridized carbons (Fsp3) is 0.217. The molecule has 0 saturated heterocycles. The molecule has 0 N–H and O–H groups in total. The molecule has 3 heteroatoms. The van der Waals surface area contributed by atoms with E-state index in [-0.39, 0.29) is 28.4 Å². The number of allylic oxidation sites excluding steroid dienone is 10. The Kier molecular flexibility index (Phi) is 10.8. The molecule has 0 bridgehead atoms. The summed E-state index contributed by atoms with van der Waals surface area (Å²) < 4.78 is 34.1. The molecule has 0 aliphatic rings. The van der Waals surface area contributed by atoms with Gasteiger partial charge in [0.2, 0.25) is 0 Å². The number of ether oxygens (including phenoxy) is 1. The zero-order valence-corrected chi connectivity index (χ0v) is 15.8. The van der Waals surface area contributed by atoms with E-state index in [2.05, 4.69) is 39.5 Å². The molecule has 0 amide bonds. The standard InChI is InChI=1S/C23H28F2O/c1-9-11-12-16(3)19(6)22(24)23(25)20(7)17(4)13-14-18(5)21(8)26-15-10-2/h9,11-14,21H,1,3-7,10,15H2,2,8H3/b12-11-,14-13-,23-22-. The normalized spacial score (nSPS) is 13.4. The molecule has 1 nitrogen and oxygen atoms in total. The van der Waals surface area contributed by atoms with Gasteiger partial charge in [0.1, 0.15) is 0 Å². The minimum atomic E-state index is -1.13. The van der Waals surface area contributed by atoms with Crippen molar-refractivity contribution in [2.45, 2.75) is 26.4 Å². The van der Waals surface area contributed by atoms with Crippen molar-refractivity contribution in [2.24, 2.45) is 0 Å². The Bertz CT molecular complexity index is 687. The van der Waals surface area contributed by atoms with Crippen LogP contribution in [-0.2, 0) is 4.74 Å². The summed E-state index contributed by atoms with van der Waals surface area (Å²) in [5.41, 5.74) is 0.827. The first kappa shape index (κ1) is 23.5. The average Bonchev–Trinajstić information content (AvgIpc) is 2.65. The van der Waals surface area contributed by atoms with Crippen LogP contribution in [0.25, 0.3) is 0 Å². The predicted molar refractivity (Wildman–Crippen MR) is 109 cm³/mol. The van der Waals surface area contributed by atoms with Crippen molar-refractivity contribution in [3.63, 3.8) is 0 Å². The Labute approximate surface area is 156 Å². The molecule has 0 aromatic rings. The minimum absolute atomic E-state index is 0.162. The lowest BCUT2D eigenvalue weighted by molar-refractivity contribution is 0.0929. The molecular weight excluding hydrogens is 330 g/mol. The van der Waals surface area contributed by atoms with Crippen LogP contribution in [0.1, 0.15) is 20.3 Å². The third kappa shape index (κ3) is 7.58. The largest absolute Gasteiger partial charge is 0.374 e. The molecule has 0 aliphatic carbocycles. The second-order valence-electron chi connectivity index (χ2n) is 5.65. The average molecular weight is 358 g/mol. The maximum atomic E-state index is 14.3. The number of rotatable bonds is 12. The summed E-state index contributed by atoms with van der Waals surface area (Å²) in [5, 5.41) is 0. The van der Waals surface area contributed by atoms with Gasteiger partial charge in [-0.2, -0.15) is 0 Å². The summed E-state index contributed by atoms with van der Waals surface area (Å²) in [6.07, 6.45) is 8.45. The summed E-state index contributed by atoms with van der Waals surface area (Å²) in [7, 11) is 0. The first-order chi connectivity index (χ1) is 12.2. The van der Waals surface area contributed by atoms with Crippen molar-refractivity contribution in [2.75, 3.05) is 6.61 Å². The van der Waals surface area contributed by atoms with Crippen molar-refractivity contribution in [3.8, 4) is 0 Å². The fourth-order valence-corrected chi connectivity index (χ4v) is 1.68. The van der Waals surface area contributed by atoms with Crippen LogP contribution < -0.4 is 0 Å². The molecule has 26 heavy (non-hydrogen) atoms. The second-order valence-corrected chi connectivity index (χ2v) is 5.65. The summed E-state index contributed by atoms with van der Waals surface area (Å²) in [6, 6.07) is 0. The molecule has 0 fully saturated rings. The quantitative estimate of drug-likeness (QED) is 0.340. The molecule has 140 valence electrons. The van der Waals surface area contributed by atoms with Gasteiger partial charge in [-0.05, 0) is 30.1 Å². The molecule has 0 radical (unpaired) electrons. The van der Waals surface area contributed by atoms with Crippen LogP contribution in [0, 0.1) is 0 Å². The van der Waals surface area contributed by atoms with Crippen molar-refractivity contribution in [1.29, 1.82) is 0 Å². The summed E-state index contributed by atoms with van der Waals surface area (Å²) in [6.45, 7) is 26.3. The van der Waals surface area contributed by atoms with Gasteiger partial charge < -0.3 is 4.74 Å². The molecule has 0 rings (SSSR count). The fourth-order valence-electron chi connectivity index (χ4n) is 1.68. The highest BCUT2D eigenvalue weighted by Crippen LogP contribution is 2.29. The van der Waals surface area contributed by atoms with Crippen molar-refractivity contribution < 1.29 is 13.5 Å². The van der Waals surface area contributed by atoms with E-state index in [1.54, 1.807) is 12.2 Å². The monoisotopic (exact) mass is 358 g/mol. The summed E-state index contributed by atoms with van der Waals surface area (Å²) in [4.78, 5) is 0. The Morgan fingerprint density at radius 1 is 0.923 bits per heavy atom. The molecule has 1 unspecified atom stereocenters. The highest BCUT2D eigenvalue weighted by molar-refractivity contribution is 5.55. The lowest BCUT2D eigenvalue weighted by atomic mass is 10.0. The second kappa shape index (κ2) is 11.9. The summed E-state index contributed by atoms with van der Waals surface area (Å²) >= 11 is 0. The number of halogens is 2. The lowest BCUT2D eigenvalue weighted by Gasteiger charge is -2.13. The molecule has 1 atom stereocenters. The van der Waals surface area contributed by atoms with Crippen LogP contribution in [0.2, 0.25) is 0 Å². The van der Waals surface area contributed by atoms with Crippen molar-refractivity contribution in [3.05, 3.63) is 109 Å². The van der Waals surface area contributed by atoms with Crippen LogP contribution in [0.15, 0.2) is 109 Å². The van der Waals surface area contributed by atoms with Gasteiger partial charge in [0.15, 0.2) is 11.7 Å². The SMILES string of the molecule is C=C/C=C\C(=C)C(=C)/C(F)=C(/F)C(=C)C(=C)/C=C\C(=C)C(C)OCCC. The molecule has 0 aromatic heterocycles. The van der Waals surface area contributed by atoms with Crippen LogP contribution in [0.5, 0.6) is 0 Å². The van der Waals surface area contributed by atoms with Crippen molar-refractivity contribution in [1.82, 2.24) is 0 Å². The Hall–Kier alpha value is -2.52. The Balaban J connectivity index is 5.12. The highest BCUT2D eigenvalue weighted by Gasteiger charge is 2.15. The van der Waals surface area contributed by atoms with Gasteiger partial charge in [-0.25, -0.2) is 8.78 Å². The van der Waals surface area contributed by atoms with Gasteiger partial charge in [-0.3, -0.25) is 0 Å².